The van der Waals surface area contributed by atoms with Crippen LogP contribution >= 0.6 is 0 Å². The first-order valence-corrected chi connectivity index (χ1v) is 6.81. The monoisotopic (exact) mass is 285 g/mol. The lowest BCUT2D eigenvalue weighted by Gasteiger charge is -2.16. The van der Waals surface area contributed by atoms with E-state index in [4.69, 9.17) is 10.5 Å². The number of nitrogens with two attached hydrogens (primary N) is 1. The lowest BCUT2D eigenvalue weighted by molar-refractivity contribution is -0.117. The van der Waals surface area contributed by atoms with Gasteiger partial charge in [0.15, 0.2) is 0 Å². The third-order valence-electron chi connectivity index (χ3n) is 2.82. The Balaban J connectivity index is 2.13. The molecule has 0 fully saturated rings. The van der Waals surface area contributed by atoms with E-state index in [1.165, 1.54) is 0 Å². The van der Waals surface area contributed by atoms with Crippen molar-refractivity contribution in [2.45, 2.75) is 26.0 Å². The van der Waals surface area contributed by atoms with Gasteiger partial charge in [0.2, 0.25) is 11.8 Å². The minimum absolute atomic E-state index is 0.0293. The molecule has 0 radical (unpaired) electrons. The molecule has 110 valence electrons. The highest BCUT2D eigenvalue weighted by Gasteiger charge is 2.17. The van der Waals surface area contributed by atoms with Gasteiger partial charge in [-0.3, -0.25) is 4.79 Å². The maximum atomic E-state index is 12.2. The Labute approximate surface area is 124 Å². The van der Waals surface area contributed by atoms with E-state index in [-0.39, 0.29) is 12.0 Å². The molecule has 5 nitrogen and oxygen atoms in total. The number of aromatic nitrogens is 1. The van der Waals surface area contributed by atoms with Gasteiger partial charge >= 0.3 is 0 Å². The van der Waals surface area contributed by atoms with E-state index in [0.29, 0.717) is 11.6 Å². The summed E-state index contributed by atoms with van der Waals surface area (Å²) in [5, 5.41) is 2.76. The first kappa shape index (κ1) is 15.0. The molecule has 21 heavy (non-hydrogen) atoms. The summed E-state index contributed by atoms with van der Waals surface area (Å²) in [4.78, 5) is 16.4. The van der Waals surface area contributed by atoms with Gasteiger partial charge in [0, 0.05) is 6.20 Å². The topological polar surface area (TPSA) is 77.2 Å². The van der Waals surface area contributed by atoms with Crippen molar-refractivity contribution in [3.63, 3.8) is 0 Å². The Bertz CT molecular complexity index is 599. The van der Waals surface area contributed by atoms with Crippen LogP contribution in [0.25, 0.3) is 0 Å². The SMILES string of the molecule is CC(C)Oc1ncccc1NC(=O)[C@H](N)c1ccccc1. The third-order valence-corrected chi connectivity index (χ3v) is 2.82. The summed E-state index contributed by atoms with van der Waals surface area (Å²) >= 11 is 0. The van der Waals surface area contributed by atoms with Crippen LogP contribution in [-0.4, -0.2) is 17.0 Å². The molecule has 5 heteroatoms. The smallest absolute Gasteiger partial charge is 0.246 e. The fourth-order valence-electron chi connectivity index (χ4n) is 1.83. The van der Waals surface area contributed by atoms with Gasteiger partial charge < -0.3 is 15.8 Å². The number of hydrogen-bond acceptors (Lipinski definition) is 4. The average molecular weight is 285 g/mol. The Morgan fingerprint density at radius 3 is 2.57 bits per heavy atom. The Morgan fingerprint density at radius 1 is 1.19 bits per heavy atom. The molecule has 2 rings (SSSR count). The molecule has 0 aliphatic heterocycles. The number of benzene rings is 1. The Kier molecular flexibility index (Phi) is 4.90. The van der Waals surface area contributed by atoms with E-state index < -0.39 is 6.04 Å². The maximum absolute atomic E-state index is 12.2. The lowest BCUT2D eigenvalue weighted by atomic mass is 10.1. The van der Waals surface area contributed by atoms with Crippen molar-refractivity contribution < 1.29 is 9.53 Å². The second kappa shape index (κ2) is 6.85. The minimum Gasteiger partial charge on any atom is -0.473 e. The van der Waals surface area contributed by atoms with Gasteiger partial charge in [-0.05, 0) is 31.5 Å². The molecule has 0 aliphatic rings. The average Bonchev–Trinajstić information content (AvgIpc) is 2.49. The summed E-state index contributed by atoms with van der Waals surface area (Å²) in [6.07, 6.45) is 1.59. The van der Waals surface area contributed by atoms with Crippen LogP contribution in [0.3, 0.4) is 0 Å². The predicted molar refractivity (Wildman–Crippen MR) is 82.0 cm³/mol. The molecule has 3 N–H and O–H groups in total. The standard InChI is InChI=1S/C16H19N3O2/c1-11(2)21-16-13(9-6-10-18-16)19-15(20)14(17)12-7-4-3-5-8-12/h3-11,14H,17H2,1-2H3,(H,19,20)/t14-/m1/s1. The highest BCUT2D eigenvalue weighted by molar-refractivity contribution is 5.96. The molecule has 1 aromatic carbocycles. The highest BCUT2D eigenvalue weighted by atomic mass is 16.5. The van der Waals surface area contributed by atoms with Crippen LogP contribution in [0.1, 0.15) is 25.5 Å². The van der Waals surface area contributed by atoms with E-state index in [0.717, 1.165) is 5.56 Å². The number of hydrogen-bond donors (Lipinski definition) is 2. The normalized spacial score (nSPS) is 12.0. The molecule has 0 unspecified atom stereocenters. The fourth-order valence-corrected chi connectivity index (χ4v) is 1.83. The van der Waals surface area contributed by atoms with Gasteiger partial charge in [0.25, 0.3) is 0 Å². The van der Waals surface area contributed by atoms with Crippen molar-refractivity contribution in [3.8, 4) is 5.88 Å². The maximum Gasteiger partial charge on any atom is 0.246 e. The van der Waals surface area contributed by atoms with Gasteiger partial charge in [-0.1, -0.05) is 30.3 Å². The van der Waals surface area contributed by atoms with Crippen molar-refractivity contribution >= 4 is 11.6 Å². The van der Waals surface area contributed by atoms with Gasteiger partial charge in [0.1, 0.15) is 11.7 Å². The Hall–Kier alpha value is -2.40. The molecule has 2 aromatic rings. The summed E-state index contributed by atoms with van der Waals surface area (Å²) in [6, 6.07) is 11.9. The molecular weight excluding hydrogens is 266 g/mol. The number of anilines is 1. The summed E-state index contributed by atoms with van der Waals surface area (Å²) < 4.78 is 5.57. The van der Waals surface area contributed by atoms with E-state index >= 15 is 0 Å². The number of pyridine rings is 1. The highest BCUT2D eigenvalue weighted by Crippen LogP contribution is 2.23. The molecule has 0 bridgehead atoms. The van der Waals surface area contributed by atoms with Gasteiger partial charge in [-0.2, -0.15) is 0 Å². The number of carbonyl (C=O) groups excluding carboxylic acids is 1. The number of nitrogens with one attached hydrogen (secondary N) is 1. The molecule has 0 aliphatic carbocycles. The fraction of sp³-hybridized carbons (Fsp3) is 0.250. The first-order chi connectivity index (χ1) is 10.1. The first-order valence-electron chi connectivity index (χ1n) is 6.81. The molecule has 0 spiro atoms. The molecule has 1 amide bonds. The number of nitrogens with zero attached hydrogens (tertiary/aromatic N) is 1. The second-order valence-corrected chi connectivity index (χ2v) is 4.90. The predicted octanol–water partition coefficient (Wildman–Crippen LogP) is 2.51. The van der Waals surface area contributed by atoms with Crippen LogP contribution in [0, 0.1) is 0 Å². The van der Waals surface area contributed by atoms with Gasteiger partial charge in [-0.25, -0.2) is 4.98 Å². The van der Waals surface area contributed by atoms with Crippen molar-refractivity contribution in [1.82, 2.24) is 4.98 Å². The minimum atomic E-state index is -0.738. The molecule has 1 heterocycles. The summed E-state index contributed by atoms with van der Waals surface area (Å²) in [5.74, 6) is 0.0870. The van der Waals surface area contributed by atoms with Crippen LogP contribution < -0.4 is 15.8 Å². The molecular formula is C16H19N3O2. The summed E-state index contributed by atoms with van der Waals surface area (Å²) in [7, 11) is 0. The van der Waals surface area contributed by atoms with Crippen LogP contribution in [0.4, 0.5) is 5.69 Å². The van der Waals surface area contributed by atoms with E-state index in [2.05, 4.69) is 10.3 Å². The van der Waals surface area contributed by atoms with Crippen LogP contribution in [-0.2, 0) is 4.79 Å². The summed E-state index contributed by atoms with van der Waals surface area (Å²) in [5.41, 5.74) is 7.24. The van der Waals surface area contributed by atoms with Crippen molar-refractivity contribution in [2.75, 3.05) is 5.32 Å². The quantitative estimate of drug-likeness (QED) is 0.885. The Morgan fingerprint density at radius 2 is 1.90 bits per heavy atom. The van der Waals surface area contributed by atoms with Crippen LogP contribution in [0.15, 0.2) is 48.7 Å². The van der Waals surface area contributed by atoms with E-state index in [1.807, 2.05) is 44.2 Å². The second-order valence-electron chi connectivity index (χ2n) is 4.90. The molecule has 0 saturated heterocycles. The van der Waals surface area contributed by atoms with Crippen molar-refractivity contribution in [3.05, 3.63) is 54.2 Å². The third kappa shape index (κ3) is 4.03. The van der Waals surface area contributed by atoms with Crippen LogP contribution in [0.5, 0.6) is 5.88 Å². The number of carbonyl (C=O) groups is 1. The van der Waals surface area contributed by atoms with E-state index in [1.54, 1.807) is 18.3 Å². The largest absolute Gasteiger partial charge is 0.473 e. The van der Waals surface area contributed by atoms with Crippen LogP contribution in [0.2, 0.25) is 0 Å². The molecule has 0 saturated carbocycles. The summed E-state index contributed by atoms with van der Waals surface area (Å²) in [6.45, 7) is 3.80. The van der Waals surface area contributed by atoms with E-state index in [9.17, 15) is 4.79 Å². The van der Waals surface area contributed by atoms with Crippen molar-refractivity contribution in [2.24, 2.45) is 5.73 Å². The molecule has 1 atom stereocenters. The lowest BCUT2D eigenvalue weighted by Crippen LogP contribution is -2.28. The van der Waals surface area contributed by atoms with Gasteiger partial charge in [0.05, 0.1) is 6.10 Å². The zero-order valence-corrected chi connectivity index (χ0v) is 12.1. The molecule has 1 aromatic heterocycles. The zero-order valence-electron chi connectivity index (χ0n) is 12.1. The number of amides is 1. The number of ether oxygens (including phenoxy) is 1. The van der Waals surface area contributed by atoms with Gasteiger partial charge in [-0.15, -0.1) is 0 Å². The number of rotatable bonds is 5. The zero-order chi connectivity index (χ0) is 15.2. The van der Waals surface area contributed by atoms with Crippen molar-refractivity contribution in [1.29, 1.82) is 0 Å².